The molecule has 0 heterocycles. The van der Waals surface area contributed by atoms with Crippen LogP contribution in [0.5, 0.6) is 0 Å². The van der Waals surface area contributed by atoms with Gasteiger partial charge in [-0.05, 0) is 32.6 Å². The van der Waals surface area contributed by atoms with E-state index in [1.54, 1.807) is 6.08 Å². The number of esters is 1. The maximum absolute atomic E-state index is 11.5. The van der Waals surface area contributed by atoms with E-state index in [1.165, 1.54) is 25.3 Å². The van der Waals surface area contributed by atoms with E-state index in [0.717, 1.165) is 18.5 Å². The average Bonchev–Trinajstić information content (AvgIpc) is 2.27. The number of carbonyl (C=O) groups is 1. The zero-order chi connectivity index (χ0) is 11.8. The predicted octanol–water partition coefficient (Wildman–Crippen LogP) is 2.54. The van der Waals surface area contributed by atoms with Crippen molar-refractivity contribution in [2.24, 2.45) is 0 Å². The van der Waals surface area contributed by atoms with Crippen LogP contribution in [0.15, 0.2) is 24.4 Å². The molecule has 1 aliphatic rings. The number of ether oxygens (including phenoxy) is 1. The second-order valence-corrected chi connectivity index (χ2v) is 4.19. The number of allylic oxidation sites excluding steroid dienone is 1. The standard InChI is InChI=1S/C13H21NO2/c1-3-9-14-11(2)10-13(15)16-12-7-5-4-6-8-12/h3,10,12,14H,1,4-9H2,2H3. The summed E-state index contributed by atoms with van der Waals surface area (Å²) in [7, 11) is 0. The average molecular weight is 223 g/mol. The van der Waals surface area contributed by atoms with E-state index in [1.807, 2.05) is 6.92 Å². The third-order valence-electron chi connectivity index (χ3n) is 2.69. The first kappa shape index (κ1) is 12.8. The fraction of sp³-hybridized carbons (Fsp3) is 0.615. The lowest BCUT2D eigenvalue weighted by Crippen LogP contribution is -2.21. The molecule has 3 nitrogen and oxygen atoms in total. The van der Waals surface area contributed by atoms with Crippen molar-refractivity contribution in [2.75, 3.05) is 6.54 Å². The highest BCUT2D eigenvalue weighted by Crippen LogP contribution is 2.20. The third kappa shape index (κ3) is 5.01. The Balaban J connectivity index is 2.30. The molecule has 0 aromatic heterocycles. The van der Waals surface area contributed by atoms with Gasteiger partial charge >= 0.3 is 5.97 Å². The smallest absolute Gasteiger partial charge is 0.332 e. The highest BCUT2D eigenvalue weighted by molar-refractivity contribution is 5.82. The maximum atomic E-state index is 11.5. The van der Waals surface area contributed by atoms with Crippen LogP contribution in [0.3, 0.4) is 0 Å². The zero-order valence-corrected chi connectivity index (χ0v) is 10.00. The van der Waals surface area contributed by atoms with Gasteiger partial charge < -0.3 is 10.1 Å². The van der Waals surface area contributed by atoms with Gasteiger partial charge in [-0.3, -0.25) is 0 Å². The molecule has 0 amide bonds. The minimum atomic E-state index is -0.235. The van der Waals surface area contributed by atoms with Crippen LogP contribution < -0.4 is 5.32 Å². The Kier molecular flexibility index (Phi) is 5.68. The third-order valence-corrected chi connectivity index (χ3v) is 2.69. The minimum Gasteiger partial charge on any atom is -0.459 e. The van der Waals surface area contributed by atoms with E-state index < -0.39 is 0 Å². The molecule has 1 rings (SSSR count). The molecule has 3 heteroatoms. The van der Waals surface area contributed by atoms with Gasteiger partial charge in [-0.1, -0.05) is 12.5 Å². The Morgan fingerprint density at radius 3 is 2.75 bits per heavy atom. The summed E-state index contributed by atoms with van der Waals surface area (Å²) in [5.74, 6) is -0.235. The van der Waals surface area contributed by atoms with Crippen LogP contribution in [0.25, 0.3) is 0 Å². The molecule has 1 N–H and O–H groups in total. The number of nitrogens with one attached hydrogen (secondary N) is 1. The molecule has 0 aromatic rings. The Morgan fingerprint density at radius 1 is 1.44 bits per heavy atom. The fourth-order valence-corrected chi connectivity index (χ4v) is 1.84. The summed E-state index contributed by atoms with van der Waals surface area (Å²) in [6.45, 7) is 6.12. The maximum Gasteiger partial charge on any atom is 0.332 e. The van der Waals surface area contributed by atoms with Crippen molar-refractivity contribution < 1.29 is 9.53 Å². The molecule has 0 bridgehead atoms. The second-order valence-electron chi connectivity index (χ2n) is 4.19. The van der Waals surface area contributed by atoms with E-state index in [0.29, 0.717) is 6.54 Å². The van der Waals surface area contributed by atoms with E-state index in [9.17, 15) is 4.79 Å². The van der Waals surface area contributed by atoms with Crippen LogP contribution in [0, 0.1) is 0 Å². The summed E-state index contributed by atoms with van der Waals surface area (Å²) < 4.78 is 5.36. The molecule has 90 valence electrons. The van der Waals surface area contributed by atoms with Crippen LogP contribution in [-0.4, -0.2) is 18.6 Å². The Bertz CT molecular complexity index is 265. The van der Waals surface area contributed by atoms with Gasteiger partial charge in [-0.15, -0.1) is 6.58 Å². The van der Waals surface area contributed by atoms with Crippen molar-refractivity contribution in [1.29, 1.82) is 0 Å². The van der Waals surface area contributed by atoms with Crippen LogP contribution in [-0.2, 0) is 9.53 Å². The molecular formula is C13H21NO2. The van der Waals surface area contributed by atoms with Gasteiger partial charge in [-0.2, -0.15) is 0 Å². The van der Waals surface area contributed by atoms with Gasteiger partial charge in [0.25, 0.3) is 0 Å². The SMILES string of the molecule is C=CCNC(C)=CC(=O)OC1CCCCC1. The first-order valence-electron chi connectivity index (χ1n) is 5.96. The number of hydrogen-bond donors (Lipinski definition) is 1. The Morgan fingerprint density at radius 2 is 2.12 bits per heavy atom. The van der Waals surface area contributed by atoms with Gasteiger partial charge in [0.1, 0.15) is 6.10 Å². The molecule has 1 fully saturated rings. The van der Waals surface area contributed by atoms with Crippen LogP contribution in [0.2, 0.25) is 0 Å². The van der Waals surface area contributed by atoms with E-state index >= 15 is 0 Å². The van der Waals surface area contributed by atoms with Gasteiger partial charge in [-0.25, -0.2) is 4.79 Å². The Labute approximate surface area is 97.6 Å². The monoisotopic (exact) mass is 223 g/mol. The molecule has 0 radical (unpaired) electrons. The topological polar surface area (TPSA) is 38.3 Å². The van der Waals surface area contributed by atoms with E-state index in [2.05, 4.69) is 11.9 Å². The lowest BCUT2D eigenvalue weighted by molar-refractivity contribution is -0.144. The predicted molar refractivity (Wildman–Crippen MR) is 64.9 cm³/mol. The summed E-state index contributed by atoms with van der Waals surface area (Å²) >= 11 is 0. The number of carbonyl (C=O) groups excluding carboxylic acids is 1. The van der Waals surface area contributed by atoms with Crippen molar-refractivity contribution >= 4 is 5.97 Å². The van der Waals surface area contributed by atoms with Gasteiger partial charge in [0, 0.05) is 18.3 Å². The molecule has 0 aromatic carbocycles. The van der Waals surface area contributed by atoms with E-state index in [-0.39, 0.29) is 12.1 Å². The van der Waals surface area contributed by atoms with Gasteiger partial charge in [0.2, 0.25) is 0 Å². The first-order chi connectivity index (χ1) is 7.72. The normalized spacial score (nSPS) is 17.9. The molecular weight excluding hydrogens is 202 g/mol. The largest absolute Gasteiger partial charge is 0.459 e. The minimum absolute atomic E-state index is 0.129. The molecule has 0 atom stereocenters. The summed E-state index contributed by atoms with van der Waals surface area (Å²) in [5.41, 5.74) is 0.820. The van der Waals surface area contributed by atoms with Crippen molar-refractivity contribution in [2.45, 2.75) is 45.1 Å². The van der Waals surface area contributed by atoms with E-state index in [4.69, 9.17) is 4.74 Å². The summed E-state index contributed by atoms with van der Waals surface area (Å²) in [6, 6.07) is 0. The van der Waals surface area contributed by atoms with Crippen LogP contribution >= 0.6 is 0 Å². The molecule has 0 unspecified atom stereocenters. The summed E-state index contributed by atoms with van der Waals surface area (Å²) in [6.07, 6.45) is 9.04. The summed E-state index contributed by atoms with van der Waals surface area (Å²) in [5, 5.41) is 3.04. The first-order valence-corrected chi connectivity index (χ1v) is 5.96. The molecule has 1 aliphatic carbocycles. The summed E-state index contributed by atoms with van der Waals surface area (Å²) in [4.78, 5) is 11.5. The fourth-order valence-electron chi connectivity index (χ4n) is 1.84. The lowest BCUT2D eigenvalue weighted by Gasteiger charge is -2.21. The molecule has 16 heavy (non-hydrogen) atoms. The molecule has 1 saturated carbocycles. The number of rotatable bonds is 5. The van der Waals surface area contributed by atoms with Gasteiger partial charge in [0.05, 0.1) is 0 Å². The molecule has 0 aliphatic heterocycles. The quantitative estimate of drug-likeness (QED) is 0.442. The van der Waals surface area contributed by atoms with Crippen molar-refractivity contribution in [3.8, 4) is 0 Å². The van der Waals surface area contributed by atoms with Crippen LogP contribution in [0.1, 0.15) is 39.0 Å². The molecule has 0 saturated heterocycles. The lowest BCUT2D eigenvalue weighted by atomic mass is 9.98. The zero-order valence-electron chi connectivity index (χ0n) is 10.00. The van der Waals surface area contributed by atoms with Crippen molar-refractivity contribution in [1.82, 2.24) is 5.32 Å². The van der Waals surface area contributed by atoms with Crippen molar-refractivity contribution in [3.05, 3.63) is 24.4 Å². The highest BCUT2D eigenvalue weighted by atomic mass is 16.5. The Hall–Kier alpha value is -1.25. The van der Waals surface area contributed by atoms with Gasteiger partial charge in [0.15, 0.2) is 0 Å². The van der Waals surface area contributed by atoms with Crippen LogP contribution in [0.4, 0.5) is 0 Å². The molecule has 0 spiro atoms. The van der Waals surface area contributed by atoms with Crippen molar-refractivity contribution in [3.63, 3.8) is 0 Å². The highest BCUT2D eigenvalue weighted by Gasteiger charge is 2.16. The number of hydrogen-bond acceptors (Lipinski definition) is 3. The second kappa shape index (κ2) is 7.09.